The van der Waals surface area contributed by atoms with E-state index in [0.717, 1.165) is 12.1 Å². The summed E-state index contributed by atoms with van der Waals surface area (Å²) in [4.78, 5) is 13.4. The van der Waals surface area contributed by atoms with E-state index >= 15 is 0 Å². The maximum atomic E-state index is 13.4. The van der Waals surface area contributed by atoms with E-state index in [1.54, 1.807) is 12.1 Å². The Morgan fingerprint density at radius 1 is 1.25 bits per heavy atom. The van der Waals surface area contributed by atoms with Crippen LogP contribution in [0.25, 0.3) is 0 Å². The average molecular weight is 334 g/mol. The van der Waals surface area contributed by atoms with E-state index < -0.39 is 17.7 Å². The minimum absolute atomic E-state index is 0.228. The van der Waals surface area contributed by atoms with E-state index in [4.69, 9.17) is 4.74 Å². The highest BCUT2D eigenvalue weighted by Crippen LogP contribution is 2.26. The molecule has 1 saturated heterocycles. The SMILES string of the molecule is CNC(=O)c1ccc(N2CCOC(c3ccc(F)c(F)c3)C2)nn1. The van der Waals surface area contributed by atoms with Crippen LogP contribution in [0.3, 0.4) is 0 Å². The predicted molar refractivity (Wildman–Crippen MR) is 82.7 cm³/mol. The summed E-state index contributed by atoms with van der Waals surface area (Å²) in [5, 5.41) is 10.4. The molecule has 2 heterocycles. The maximum absolute atomic E-state index is 13.4. The summed E-state index contributed by atoms with van der Waals surface area (Å²) in [5.74, 6) is -1.50. The van der Waals surface area contributed by atoms with E-state index in [-0.39, 0.29) is 11.6 Å². The second kappa shape index (κ2) is 6.88. The first-order chi connectivity index (χ1) is 11.6. The molecule has 1 aromatic heterocycles. The van der Waals surface area contributed by atoms with Gasteiger partial charge in [-0.25, -0.2) is 8.78 Å². The molecule has 1 fully saturated rings. The fourth-order valence-corrected chi connectivity index (χ4v) is 2.51. The Hall–Kier alpha value is -2.61. The van der Waals surface area contributed by atoms with Crippen LogP contribution in [0, 0.1) is 11.6 Å². The highest BCUT2D eigenvalue weighted by atomic mass is 19.2. The van der Waals surface area contributed by atoms with Crippen LogP contribution in [0.2, 0.25) is 0 Å². The van der Waals surface area contributed by atoms with Gasteiger partial charge in [0.25, 0.3) is 5.91 Å². The summed E-state index contributed by atoms with van der Waals surface area (Å²) in [6.07, 6.45) is -0.394. The fraction of sp³-hybridized carbons (Fsp3) is 0.312. The fourth-order valence-electron chi connectivity index (χ4n) is 2.51. The number of halogens is 2. The Labute approximate surface area is 137 Å². The number of ether oxygens (including phenoxy) is 1. The number of hydrogen-bond acceptors (Lipinski definition) is 5. The smallest absolute Gasteiger partial charge is 0.271 e. The van der Waals surface area contributed by atoms with Crippen molar-refractivity contribution in [2.75, 3.05) is 31.6 Å². The highest BCUT2D eigenvalue weighted by Gasteiger charge is 2.24. The van der Waals surface area contributed by atoms with Crippen LogP contribution in [-0.2, 0) is 4.74 Å². The van der Waals surface area contributed by atoms with Crippen molar-refractivity contribution in [3.63, 3.8) is 0 Å². The molecule has 1 N–H and O–H groups in total. The molecule has 0 spiro atoms. The Bertz CT molecular complexity index is 739. The van der Waals surface area contributed by atoms with Gasteiger partial charge in [-0.3, -0.25) is 4.79 Å². The molecule has 0 saturated carbocycles. The van der Waals surface area contributed by atoms with Crippen molar-refractivity contribution in [2.45, 2.75) is 6.10 Å². The van der Waals surface area contributed by atoms with Gasteiger partial charge in [-0.1, -0.05) is 6.07 Å². The third-order valence-electron chi connectivity index (χ3n) is 3.82. The molecule has 1 aliphatic rings. The molecule has 1 aliphatic heterocycles. The monoisotopic (exact) mass is 334 g/mol. The van der Waals surface area contributed by atoms with Gasteiger partial charge in [0.1, 0.15) is 6.10 Å². The zero-order chi connectivity index (χ0) is 17.1. The lowest BCUT2D eigenvalue weighted by Crippen LogP contribution is -2.39. The lowest BCUT2D eigenvalue weighted by atomic mass is 10.1. The van der Waals surface area contributed by atoms with Crippen molar-refractivity contribution in [1.29, 1.82) is 0 Å². The van der Waals surface area contributed by atoms with Gasteiger partial charge in [0, 0.05) is 20.1 Å². The second-order valence-corrected chi connectivity index (χ2v) is 5.33. The molecule has 2 aromatic rings. The molecule has 1 amide bonds. The molecule has 8 heteroatoms. The quantitative estimate of drug-likeness (QED) is 0.925. The number of rotatable bonds is 3. The Morgan fingerprint density at radius 2 is 2.08 bits per heavy atom. The standard InChI is InChI=1S/C16H16F2N4O2/c1-19-16(23)13-4-5-15(21-20-13)22-6-7-24-14(9-22)10-2-3-11(17)12(18)8-10/h2-5,8,14H,6-7,9H2,1H3,(H,19,23). The minimum Gasteiger partial charge on any atom is -0.370 e. The van der Waals surface area contributed by atoms with Crippen molar-refractivity contribution in [3.05, 3.63) is 53.2 Å². The molecule has 6 nitrogen and oxygen atoms in total. The van der Waals surface area contributed by atoms with Crippen molar-refractivity contribution in [2.24, 2.45) is 0 Å². The molecule has 0 radical (unpaired) electrons. The van der Waals surface area contributed by atoms with Crippen molar-refractivity contribution in [1.82, 2.24) is 15.5 Å². The number of nitrogens with one attached hydrogen (secondary N) is 1. The van der Waals surface area contributed by atoms with Gasteiger partial charge in [0.15, 0.2) is 23.1 Å². The number of amides is 1. The summed E-state index contributed by atoms with van der Waals surface area (Å²) in [5.41, 5.74) is 0.792. The van der Waals surface area contributed by atoms with E-state index in [1.807, 2.05) is 4.90 Å². The van der Waals surface area contributed by atoms with Gasteiger partial charge < -0.3 is 15.0 Å². The van der Waals surface area contributed by atoms with Gasteiger partial charge in [0.05, 0.1) is 6.61 Å². The molecular formula is C16H16F2N4O2. The number of carbonyl (C=O) groups is 1. The van der Waals surface area contributed by atoms with Crippen molar-refractivity contribution < 1.29 is 18.3 Å². The van der Waals surface area contributed by atoms with Crippen LogP contribution in [-0.4, -0.2) is 42.8 Å². The van der Waals surface area contributed by atoms with E-state index in [2.05, 4.69) is 15.5 Å². The molecule has 0 aliphatic carbocycles. The molecule has 0 bridgehead atoms. The van der Waals surface area contributed by atoms with Crippen LogP contribution in [0.15, 0.2) is 30.3 Å². The third kappa shape index (κ3) is 3.33. The van der Waals surface area contributed by atoms with Crippen LogP contribution < -0.4 is 10.2 Å². The first-order valence-corrected chi connectivity index (χ1v) is 7.46. The van der Waals surface area contributed by atoms with Crippen LogP contribution in [0.4, 0.5) is 14.6 Å². The molecule has 24 heavy (non-hydrogen) atoms. The van der Waals surface area contributed by atoms with E-state index in [0.29, 0.717) is 31.1 Å². The molecule has 126 valence electrons. The van der Waals surface area contributed by atoms with Gasteiger partial charge in [0.2, 0.25) is 0 Å². The maximum Gasteiger partial charge on any atom is 0.271 e. The molecular weight excluding hydrogens is 318 g/mol. The van der Waals surface area contributed by atoms with Gasteiger partial charge in [-0.05, 0) is 29.8 Å². The number of morpholine rings is 1. The summed E-state index contributed by atoms with van der Waals surface area (Å²) in [6.45, 7) is 1.44. The average Bonchev–Trinajstić information content (AvgIpc) is 2.63. The van der Waals surface area contributed by atoms with E-state index in [9.17, 15) is 13.6 Å². The first-order valence-electron chi connectivity index (χ1n) is 7.46. The first kappa shape index (κ1) is 16.3. The zero-order valence-electron chi connectivity index (χ0n) is 13.0. The van der Waals surface area contributed by atoms with Crippen LogP contribution >= 0.6 is 0 Å². The number of aromatic nitrogens is 2. The topological polar surface area (TPSA) is 67.4 Å². The predicted octanol–water partition coefficient (Wildman–Crippen LogP) is 1.69. The number of hydrogen-bond donors (Lipinski definition) is 1. The Balaban J connectivity index is 1.75. The lowest BCUT2D eigenvalue weighted by Gasteiger charge is -2.33. The van der Waals surface area contributed by atoms with Gasteiger partial charge in [-0.15, -0.1) is 10.2 Å². The second-order valence-electron chi connectivity index (χ2n) is 5.33. The number of carbonyl (C=O) groups excluding carboxylic acids is 1. The molecule has 1 atom stereocenters. The summed E-state index contributed by atoms with van der Waals surface area (Å²) in [7, 11) is 1.52. The Kier molecular flexibility index (Phi) is 4.66. The minimum atomic E-state index is -0.900. The van der Waals surface area contributed by atoms with Gasteiger partial charge >= 0.3 is 0 Å². The molecule has 1 unspecified atom stereocenters. The molecule has 3 rings (SSSR count). The van der Waals surface area contributed by atoms with Gasteiger partial charge in [-0.2, -0.15) is 0 Å². The number of anilines is 1. The largest absolute Gasteiger partial charge is 0.370 e. The number of nitrogens with zero attached hydrogens (tertiary/aromatic N) is 3. The summed E-state index contributed by atoms with van der Waals surface area (Å²) in [6, 6.07) is 7.02. The molecule has 1 aromatic carbocycles. The zero-order valence-corrected chi connectivity index (χ0v) is 13.0. The normalized spacial score (nSPS) is 17.6. The summed E-state index contributed by atoms with van der Waals surface area (Å²) < 4.78 is 32.1. The van der Waals surface area contributed by atoms with Crippen molar-refractivity contribution >= 4 is 11.7 Å². The van der Waals surface area contributed by atoms with Crippen molar-refractivity contribution in [3.8, 4) is 0 Å². The Morgan fingerprint density at radius 3 is 2.75 bits per heavy atom. The van der Waals surface area contributed by atoms with E-state index in [1.165, 1.54) is 13.1 Å². The summed E-state index contributed by atoms with van der Waals surface area (Å²) >= 11 is 0. The highest BCUT2D eigenvalue weighted by molar-refractivity contribution is 5.91. The number of benzene rings is 1. The van der Waals surface area contributed by atoms with Crippen LogP contribution in [0.1, 0.15) is 22.2 Å². The van der Waals surface area contributed by atoms with Crippen LogP contribution in [0.5, 0.6) is 0 Å². The lowest BCUT2D eigenvalue weighted by molar-refractivity contribution is 0.0392. The third-order valence-corrected chi connectivity index (χ3v) is 3.82.